The molecular formula is C21H20N2O3. The number of carbonyl (C=O) groups is 1. The summed E-state index contributed by atoms with van der Waals surface area (Å²) in [6.07, 6.45) is 1.79. The molecule has 0 radical (unpaired) electrons. The molecule has 3 aromatic rings. The van der Waals surface area contributed by atoms with Crippen LogP contribution in [-0.2, 0) is 0 Å². The lowest BCUT2D eigenvalue weighted by atomic mass is 10.1. The molecule has 0 saturated heterocycles. The Labute approximate surface area is 152 Å². The SMILES string of the molecule is COc1ccc(C(=O)Nc2ccc(-c3ccnc(C)c3)cc2)cc1OC. The molecule has 132 valence electrons. The molecule has 0 unspecified atom stereocenters. The van der Waals surface area contributed by atoms with Crippen LogP contribution in [0.5, 0.6) is 11.5 Å². The van der Waals surface area contributed by atoms with Crippen molar-refractivity contribution in [3.8, 4) is 22.6 Å². The Kier molecular flexibility index (Phi) is 5.17. The maximum absolute atomic E-state index is 12.5. The van der Waals surface area contributed by atoms with Crippen LogP contribution in [0.3, 0.4) is 0 Å². The zero-order valence-corrected chi connectivity index (χ0v) is 14.9. The molecule has 0 spiro atoms. The second-order valence-electron chi connectivity index (χ2n) is 5.79. The van der Waals surface area contributed by atoms with Gasteiger partial charge in [-0.3, -0.25) is 9.78 Å². The van der Waals surface area contributed by atoms with Crippen LogP contribution < -0.4 is 14.8 Å². The van der Waals surface area contributed by atoms with E-state index in [0.717, 1.165) is 22.5 Å². The number of hydrogen-bond acceptors (Lipinski definition) is 4. The normalized spacial score (nSPS) is 10.3. The summed E-state index contributed by atoms with van der Waals surface area (Å²) in [5.41, 5.74) is 4.35. The molecular weight excluding hydrogens is 328 g/mol. The van der Waals surface area contributed by atoms with Crippen molar-refractivity contribution in [2.45, 2.75) is 6.92 Å². The van der Waals surface area contributed by atoms with Crippen LogP contribution in [0, 0.1) is 6.92 Å². The first-order chi connectivity index (χ1) is 12.6. The smallest absolute Gasteiger partial charge is 0.255 e. The first-order valence-corrected chi connectivity index (χ1v) is 8.17. The number of ether oxygens (including phenoxy) is 2. The maximum atomic E-state index is 12.5. The topological polar surface area (TPSA) is 60.5 Å². The van der Waals surface area contributed by atoms with E-state index in [9.17, 15) is 4.79 Å². The average Bonchev–Trinajstić information content (AvgIpc) is 2.68. The van der Waals surface area contributed by atoms with E-state index in [0.29, 0.717) is 17.1 Å². The standard InChI is InChI=1S/C21H20N2O3/c1-14-12-16(10-11-22-14)15-4-7-18(8-5-15)23-21(24)17-6-9-19(25-2)20(13-17)26-3/h4-13H,1-3H3,(H,23,24). The number of methoxy groups -OCH3 is 2. The Hall–Kier alpha value is -3.34. The van der Waals surface area contributed by atoms with Gasteiger partial charge < -0.3 is 14.8 Å². The third-order valence-corrected chi connectivity index (χ3v) is 4.02. The minimum absolute atomic E-state index is 0.210. The van der Waals surface area contributed by atoms with Crippen molar-refractivity contribution in [3.63, 3.8) is 0 Å². The number of carbonyl (C=O) groups excluding carboxylic acids is 1. The minimum atomic E-state index is -0.210. The maximum Gasteiger partial charge on any atom is 0.255 e. The number of rotatable bonds is 5. The number of hydrogen-bond donors (Lipinski definition) is 1. The molecule has 1 N–H and O–H groups in total. The predicted molar refractivity (Wildman–Crippen MR) is 102 cm³/mol. The zero-order valence-electron chi connectivity index (χ0n) is 14.9. The molecule has 0 aliphatic carbocycles. The summed E-state index contributed by atoms with van der Waals surface area (Å²) in [7, 11) is 3.10. The van der Waals surface area contributed by atoms with Gasteiger partial charge in [-0.15, -0.1) is 0 Å². The molecule has 1 aromatic heterocycles. The van der Waals surface area contributed by atoms with E-state index in [1.165, 1.54) is 0 Å². The summed E-state index contributed by atoms with van der Waals surface area (Å²) in [5, 5.41) is 2.89. The van der Waals surface area contributed by atoms with Crippen molar-refractivity contribution in [1.82, 2.24) is 4.98 Å². The van der Waals surface area contributed by atoms with E-state index in [4.69, 9.17) is 9.47 Å². The quantitative estimate of drug-likeness (QED) is 0.746. The van der Waals surface area contributed by atoms with Gasteiger partial charge in [-0.25, -0.2) is 0 Å². The molecule has 26 heavy (non-hydrogen) atoms. The van der Waals surface area contributed by atoms with Crippen molar-refractivity contribution in [3.05, 3.63) is 72.1 Å². The van der Waals surface area contributed by atoms with Gasteiger partial charge in [0, 0.05) is 23.1 Å². The second kappa shape index (κ2) is 7.70. The van der Waals surface area contributed by atoms with Gasteiger partial charge in [-0.2, -0.15) is 0 Å². The Morgan fingerprint density at radius 2 is 1.62 bits per heavy atom. The highest BCUT2D eigenvalue weighted by Gasteiger charge is 2.11. The summed E-state index contributed by atoms with van der Waals surface area (Å²) in [4.78, 5) is 16.7. The number of anilines is 1. The second-order valence-corrected chi connectivity index (χ2v) is 5.79. The highest BCUT2D eigenvalue weighted by atomic mass is 16.5. The molecule has 0 aliphatic rings. The van der Waals surface area contributed by atoms with Gasteiger partial charge in [-0.1, -0.05) is 12.1 Å². The molecule has 5 nitrogen and oxygen atoms in total. The summed E-state index contributed by atoms with van der Waals surface area (Å²) in [5.74, 6) is 0.892. The molecule has 0 aliphatic heterocycles. The van der Waals surface area contributed by atoms with Crippen LogP contribution >= 0.6 is 0 Å². The monoisotopic (exact) mass is 348 g/mol. The number of aromatic nitrogens is 1. The number of amides is 1. The molecule has 2 aromatic carbocycles. The van der Waals surface area contributed by atoms with Crippen LogP contribution in [0.1, 0.15) is 16.1 Å². The van der Waals surface area contributed by atoms with Crippen molar-refractivity contribution in [2.24, 2.45) is 0 Å². The van der Waals surface area contributed by atoms with Crippen LogP contribution in [-0.4, -0.2) is 25.1 Å². The highest BCUT2D eigenvalue weighted by Crippen LogP contribution is 2.28. The molecule has 3 rings (SSSR count). The minimum Gasteiger partial charge on any atom is -0.493 e. The van der Waals surface area contributed by atoms with Gasteiger partial charge >= 0.3 is 0 Å². The largest absolute Gasteiger partial charge is 0.493 e. The van der Waals surface area contributed by atoms with Gasteiger partial charge in [-0.05, 0) is 60.5 Å². The molecule has 0 bridgehead atoms. The molecule has 0 saturated carbocycles. The lowest BCUT2D eigenvalue weighted by Crippen LogP contribution is -2.12. The fourth-order valence-corrected chi connectivity index (χ4v) is 2.65. The Balaban J connectivity index is 1.76. The Morgan fingerprint density at radius 1 is 0.885 bits per heavy atom. The van der Waals surface area contributed by atoms with E-state index >= 15 is 0 Å². The Bertz CT molecular complexity index is 921. The molecule has 0 atom stereocenters. The van der Waals surface area contributed by atoms with Gasteiger partial charge in [0.05, 0.1) is 14.2 Å². The summed E-state index contributed by atoms with van der Waals surface area (Å²) >= 11 is 0. The van der Waals surface area contributed by atoms with Crippen molar-refractivity contribution in [1.29, 1.82) is 0 Å². The summed E-state index contributed by atoms with van der Waals surface area (Å²) in [6.45, 7) is 1.96. The van der Waals surface area contributed by atoms with E-state index in [2.05, 4.69) is 10.3 Å². The number of pyridine rings is 1. The molecule has 1 amide bonds. The lowest BCUT2D eigenvalue weighted by Gasteiger charge is -2.10. The Morgan fingerprint density at radius 3 is 2.27 bits per heavy atom. The van der Waals surface area contributed by atoms with Crippen LogP contribution in [0.4, 0.5) is 5.69 Å². The number of aryl methyl sites for hydroxylation is 1. The van der Waals surface area contributed by atoms with Crippen molar-refractivity contribution < 1.29 is 14.3 Å². The van der Waals surface area contributed by atoms with Crippen molar-refractivity contribution in [2.75, 3.05) is 19.5 Å². The molecule has 5 heteroatoms. The van der Waals surface area contributed by atoms with E-state index in [-0.39, 0.29) is 5.91 Å². The van der Waals surface area contributed by atoms with Gasteiger partial charge in [0.2, 0.25) is 0 Å². The first kappa shape index (κ1) is 17.5. The average molecular weight is 348 g/mol. The summed E-state index contributed by atoms with van der Waals surface area (Å²) in [6, 6.07) is 16.8. The predicted octanol–water partition coefficient (Wildman–Crippen LogP) is 4.33. The third-order valence-electron chi connectivity index (χ3n) is 4.02. The van der Waals surface area contributed by atoms with E-state index in [1.807, 2.05) is 43.3 Å². The summed E-state index contributed by atoms with van der Waals surface area (Å²) < 4.78 is 10.4. The van der Waals surface area contributed by atoms with Crippen molar-refractivity contribution >= 4 is 11.6 Å². The first-order valence-electron chi connectivity index (χ1n) is 8.17. The third kappa shape index (κ3) is 3.83. The van der Waals surface area contributed by atoms with Crippen LogP contribution in [0.2, 0.25) is 0 Å². The molecule has 1 heterocycles. The fraction of sp³-hybridized carbons (Fsp3) is 0.143. The van der Waals surface area contributed by atoms with E-state index in [1.54, 1.807) is 38.6 Å². The number of benzene rings is 2. The van der Waals surface area contributed by atoms with Crippen LogP contribution in [0.15, 0.2) is 60.8 Å². The number of nitrogens with one attached hydrogen (secondary N) is 1. The number of nitrogens with zero attached hydrogens (tertiary/aromatic N) is 1. The van der Waals surface area contributed by atoms with Gasteiger partial charge in [0.15, 0.2) is 11.5 Å². The van der Waals surface area contributed by atoms with Gasteiger partial charge in [0.1, 0.15) is 0 Å². The molecule has 0 fully saturated rings. The van der Waals surface area contributed by atoms with Gasteiger partial charge in [0.25, 0.3) is 5.91 Å². The zero-order chi connectivity index (χ0) is 18.5. The lowest BCUT2D eigenvalue weighted by molar-refractivity contribution is 0.102. The van der Waals surface area contributed by atoms with Crippen LogP contribution in [0.25, 0.3) is 11.1 Å². The van der Waals surface area contributed by atoms with E-state index < -0.39 is 0 Å². The fourth-order valence-electron chi connectivity index (χ4n) is 2.65. The highest BCUT2D eigenvalue weighted by molar-refractivity contribution is 6.04.